The Balaban J connectivity index is 2.28. The first-order valence-electron chi connectivity index (χ1n) is 6.53. The van der Waals surface area contributed by atoms with E-state index in [4.69, 9.17) is 0 Å². The number of halogens is 3. The van der Waals surface area contributed by atoms with Gasteiger partial charge in [-0.2, -0.15) is 0 Å². The van der Waals surface area contributed by atoms with Crippen molar-refractivity contribution in [1.29, 1.82) is 0 Å². The molecule has 106 valence electrons. The fourth-order valence-corrected chi connectivity index (χ4v) is 2.45. The topological polar surface area (TPSA) is 12.0 Å². The van der Waals surface area contributed by atoms with E-state index in [2.05, 4.69) is 21.2 Å². The second-order valence-electron chi connectivity index (χ2n) is 4.57. The fourth-order valence-electron chi connectivity index (χ4n) is 2.18. The standard InChI is InChI=1S/C16H16BrF2N/c1-2-20-16(11-6-8-12(17)9-7-11)10-13-14(18)4-3-5-15(13)19/h3-9,16,20H,2,10H2,1H3. The first kappa shape index (κ1) is 15.1. The molecule has 4 heteroatoms. The van der Waals surface area contributed by atoms with E-state index in [1.807, 2.05) is 31.2 Å². The van der Waals surface area contributed by atoms with Gasteiger partial charge in [0.25, 0.3) is 0 Å². The summed E-state index contributed by atoms with van der Waals surface area (Å²) in [6, 6.07) is 11.6. The molecule has 0 amide bonds. The van der Waals surface area contributed by atoms with E-state index in [1.54, 1.807) is 0 Å². The molecule has 0 saturated heterocycles. The smallest absolute Gasteiger partial charge is 0.129 e. The molecule has 0 aliphatic carbocycles. The van der Waals surface area contributed by atoms with Gasteiger partial charge in [0, 0.05) is 16.1 Å². The second kappa shape index (κ2) is 6.95. The zero-order valence-corrected chi connectivity index (χ0v) is 12.8. The number of likely N-dealkylation sites (N-methyl/N-ethyl adjacent to an activating group) is 1. The summed E-state index contributed by atoms with van der Waals surface area (Å²) in [5.41, 5.74) is 1.14. The number of benzene rings is 2. The van der Waals surface area contributed by atoms with Gasteiger partial charge in [0.05, 0.1) is 0 Å². The van der Waals surface area contributed by atoms with Crippen LogP contribution in [0.5, 0.6) is 0 Å². The number of hydrogen-bond donors (Lipinski definition) is 1. The predicted molar refractivity (Wildman–Crippen MR) is 80.6 cm³/mol. The third-order valence-electron chi connectivity index (χ3n) is 3.19. The maximum atomic E-state index is 13.8. The molecule has 0 saturated carbocycles. The first-order chi connectivity index (χ1) is 9.61. The summed E-state index contributed by atoms with van der Waals surface area (Å²) >= 11 is 3.38. The van der Waals surface area contributed by atoms with Crippen molar-refractivity contribution in [2.24, 2.45) is 0 Å². The van der Waals surface area contributed by atoms with Crippen LogP contribution in [0.15, 0.2) is 46.9 Å². The summed E-state index contributed by atoms with van der Waals surface area (Å²) in [6.07, 6.45) is 0.286. The lowest BCUT2D eigenvalue weighted by Gasteiger charge is -2.19. The van der Waals surface area contributed by atoms with Crippen molar-refractivity contribution in [3.8, 4) is 0 Å². The molecule has 2 rings (SSSR count). The lowest BCUT2D eigenvalue weighted by atomic mass is 9.98. The van der Waals surface area contributed by atoms with E-state index in [1.165, 1.54) is 18.2 Å². The summed E-state index contributed by atoms with van der Waals surface area (Å²) in [7, 11) is 0. The zero-order valence-electron chi connectivity index (χ0n) is 11.2. The van der Waals surface area contributed by atoms with Crippen LogP contribution < -0.4 is 5.32 Å². The monoisotopic (exact) mass is 339 g/mol. The second-order valence-corrected chi connectivity index (χ2v) is 5.48. The molecule has 20 heavy (non-hydrogen) atoms. The minimum Gasteiger partial charge on any atom is -0.310 e. The van der Waals surface area contributed by atoms with E-state index < -0.39 is 11.6 Å². The minimum atomic E-state index is -0.495. The molecule has 1 atom stereocenters. The van der Waals surface area contributed by atoms with Crippen LogP contribution in [0.2, 0.25) is 0 Å². The van der Waals surface area contributed by atoms with Crippen LogP contribution in [0.25, 0.3) is 0 Å². The minimum absolute atomic E-state index is 0.112. The van der Waals surface area contributed by atoms with Gasteiger partial charge in [-0.25, -0.2) is 8.78 Å². The predicted octanol–water partition coefficient (Wildman–Crippen LogP) is 4.62. The third-order valence-corrected chi connectivity index (χ3v) is 3.72. The van der Waals surface area contributed by atoms with Gasteiger partial charge in [-0.3, -0.25) is 0 Å². The largest absolute Gasteiger partial charge is 0.310 e. The van der Waals surface area contributed by atoms with Crippen LogP contribution in [-0.4, -0.2) is 6.54 Å². The molecule has 1 unspecified atom stereocenters. The molecule has 2 aromatic carbocycles. The van der Waals surface area contributed by atoms with Crippen LogP contribution in [-0.2, 0) is 6.42 Å². The highest BCUT2D eigenvalue weighted by molar-refractivity contribution is 9.10. The van der Waals surface area contributed by atoms with Crippen LogP contribution in [0, 0.1) is 11.6 Å². The quantitative estimate of drug-likeness (QED) is 0.837. The van der Waals surface area contributed by atoms with Crippen LogP contribution in [0.3, 0.4) is 0 Å². The Hall–Kier alpha value is -1.26. The molecule has 0 radical (unpaired) electrons. The Morgan fingerprint density at radius 2 is 1.65 bits per heavy atom. The van der Waals surface area contributed by atoms with E-state index in [-0.39, 0.29) is 18.0 Å². The van der Waals surface area contributed by atoms with Gasteiger partial charge in [-0.05, 0) is 42.8 Å². The summed E-state index contributed by atoms with van der Waals surface area (Å²) in [5.74, 6) is -0.991. The molecule has 2 aromatic rings. The Bertz CT molecular complexity index is 549. The Kier molecular flexibility index (Phi) is 5.26. The molecule has 0 spiro atoms. The maximum Gasteiger partial charge on any atom is 0.129 e. The maximum absolute atomic E-state index is 13.8. The van der Waals surface area contributed by atoms with Crippen molar-refractivity contribution in [3.63, 3.8) is 0 Å². The first-order valence-corrected chi connectivity index (χ1v) is 7.33. The van der Waals surface area contributed by atoms with Crippen LogP contribution in [0.1, 0.15) is 24.1 Å². The fraction of sp³-hybridized carbons (Fsp3) is 0.250. The summed E-state index contributed by atoms with van der Waals surface area (Å²) < 4.78 is 28.5. The van der Waals surface area contributed by atoms with E-state index in [0.29, 0.717) is 0 Å². The summed E-state index contributed by atoms with van der Waals surface area (Å²) in [6.45, 7) is 2.71. The summed E-state index contributed by atoms with van der Waals surface area (Å²) in [4.78, 5) is 0. The SMILES string of the molecule is CCNC(Cc1c(F)cccc1F)c1ccc(Br)cc1. The van der Waals surface area contributed by atoms with Gasteiger partial charge in [-0.15, -0.1) is 0 Å². The average Bonchev–Trinajstić information content (AvgIpc) is 2.43. The lowest BCUT2D eigenvalue weighted by molar-refractivity contribution is 0.499. The van der Waals surface area contributed by atoms with Gasteiger partial charge >= 0.3 is 0 Å². The van der Waals surface area contributed by atoms with Gasteiger partial charge in [0.1, 0.15) is 11.6 Å². The van der Waals surface area contributed by atoms with Crippen molar-refractivity contribution in [2.75, 3.05) is 6.54 Å². The highest BCUT2D eigenvalue weighted by Gasteiger charge is 2.16. The van der Waals surface area contributed by atoms with E-state index >= 15 is 0 Å². The molecular weight excluding hydrogens is 324 g/mol. The molecule has 1 N–H and O–H groups in total. The van der Waals surface area contributed by atoms with Crippen molar-refractivity contribution in [3.05, 3.63) is 69.7 Å². The highest BCUT2D eigenvalue weighted by Crippen LogP contribution is 2.23. The van der Waals surface area contributed by atoms with Crippen molar-refractivity contribution >= 4 is 15.9 Å². The van der Waals surface area contributed by atoms with Crippen molar-refractivity contribution in [2.45, 2.75) is 19.4 Å². The molecular formula is C16H16BrF2N. The van der Waals surface area contributed by atoms with E-state index in [0.717, 1.165) is 16.6 Å². The Morgan fingerprint density at radius 1 is 1.05 bits per heavy atom. The molecule has 0 heterocycles. The lowest BCUT2D eigenvalue weighted by Crippen LogP contribution is -2.23. The molecule has 0 aromatic heterocycles. The van der Waals surface area contributed by atoms with Crippen LogP contribution >= 0.6 is 15.9 Å². The van der Waals surface area contributed by atoms with Gasteiger partial charge < -0.3 is 5.32 Å². The van der Waals surface area contributed by atoms with E-state index in [9.17, 15) is 8.78 Å². The summed E-state index contributed by atoms with van der Waals surface area (Å²) in [5, 5.41) is 3.27. The average molecular weight is 340 g/mol. The van der Waals surface area contributed by atoms with Gasteiger partial charge in [0.15, 0.2) is 0 Å². The van der Waals surface area contributed by atoms with Crippen LogP contribution in [0.4, 0.5) is 8.78 Å². The molecule has 0 bridgehead atoms. The molecule has 0 aliphatic heterocycles. The van der Waals surface area contributed by atoms with Crippen molar-refractivity contribution < 1.29 is 8.78 Å². The molecule has 0 aliphatic rings. The Morgan fingerprint density at radius 3 is 2.20 bits per heavy atom. The third kappa shape index (κ3) is 3.64. The van der Waals surface area contributed by atoms with Gasteiger partial charge in [-0.1, -0.05) is 41.1 Å². The number of rotatable bonds is 5. The Labute approximate surface area is 126 Å². The highest BCUT2D eigenvalue weighted by atomic mass is 79.9. The normalized spacial score (nSPS) is 12.4. The number of hydrogen-bond acceptors (Lipinski definition) is 1. The number of nitrogens with one attached hydrogen (secondary N) is 1. The van der Waals surface area contributed by atoms with Crippen molar-refractivity contribution in [1.82, 2.24) is 5.32 Å². The zero-order chi connectivity index (χ0) is 14.5. The molecule has 1 nitrogen and oxygen atoms in total. The van der Waals surface area contributed by atoms with Gasteiger partial charge in [0.2, 0.25) is 0 Å². The molecule has 0 fully saturated rings.